The molecule has 0 aliphatic carbocycles. The van der Waals surface area contributed by atoms with Crippen LogP contribution in [0.1, 0.15) is 33.6 Å². The second-order valence-electron chi connectivity index (χ2n) is 3.07. The molecule has 0 spiro atoms. The van der Waals surface area contributed by atoms with E-state index in [1.54, 1.807) is 0 Å². The van der Waals surface area contributed by atoms with Crippen LogP contribution in [-0.2, 0) is 0 Å². The van der Waals surface area contributed by atoms with Crippen molar-refractivity contribution in [1.29, 1.82) is 0 Å². The van der Waals surface area contributed by atoms with Crippen molar-refractivity contribution in [3.63, 3.8) is 0 Å². The molecule has 0 amide bonds. The molecule has 2 nitrogen and oxygen atoms in total. The van der Waals surface area contributed by atoms with Crippen molar-refractivity contribution < 1.29 is 5.11 Å². The van der Waals surface area contributed by atoms with E-state index in [0.29, 0.717) is 0 Å². The Bertz CT molecular complexity index is 83.3. The van der Waals surface area contributed by atoms with E-state index in [9.17, 15) is 5.11 Å². The van der Waals surface area contributed by atoms with Gasteiger partial charge in [0.2, 0.25) is 0 Å². The smallest absolute Gasteiger partial charge is 0.0580 e. The third kappa shape index (κ3) is 3.18. The molecule has 0 fully saturated rings. The maximum absolute atomic E-state index is 9.41. The fraction of sp³-hybridized carbons (Fsp3) is 1.00. The second kappa shape index (κ2) is 4.69. The van der Waals surface area contributed by atoms with Crippen LogP contribution in [-0.4, -0.2) is 17.3 Å². The van der Waals surface area contributed by atoms with Gasteiger partial charge in [0.15, 0.2) is 0 Å². The van der Waals surface area contributed by atoms with Crippen LogP contribution in [0.2, 0.25) is 0 Å². The van der Waals surface area contributed by atoms with E-state index in [0.717, 1.165) is 12.8 Å². The molecule has 0 aromatic carbocycles. The largest absolute Gasteiger partial charge is 0.393 e. The van der Waals surface area contributed by atoms with Crippen LogP contribution in [0.4, 0.5) is 0 Å². The highest BCUT2D eigenvalue weighted by atomic mass is 16.3. The van der Waals surface area contributed by atoms with Crippen molar-refractivity contribution in [2.24, 2.45) is 11.7 Å². The van der Waals surface area contributed by atoms with Gasteiger partial charge in [-0.05, 0) is 19.3 Å². The third-order valence-electron chi connectivity index (χ3n) is 2.02. The normalized spacial score (nSPS) is 20.1. The predicted octanol–water partition coefficient (Wildman–Crippen LogP) is 1.13. The molecule has 62 valence electrons. The average molecular weight is 145 g/mol. The highest BCUT2D eigenvalue weighted by Crippen LogP contribution is 2.11. The maximum Gasteiger partial charge on any atom is 0.0580 e. The first kappa shape index (κ1) is 9.92. The average Bonchev–Trinajstić information content (AvgIpc) is 1.87. The summed E-state index contributed by atoms with van der Waals surface area (Å²) in [7, 11) is 0. The Hall–Kier alpha value is -0.0800. The molecular formula is C8H19NO. The van der Waals surface area contributed by atoms with Gasteiger partial charge in [0.1, 0.15) is 0 Å². The molecule has 0 radical (unpaired) electrons. The second-order valence-corrected chi connectivity index (χ2v) is 3.07. The zero-order valence-electron chi connectivity index (χ0n) is 7.17. The van der Waals surface area contributed by atoms with Crippen LogP contribution in [0, 0.1) is 5.92 Å². The minimum absolute atomic E-state index is 0.0987. The van der Waals surface area contributed by atoms with Crippen molar-refractivity contribution >= 4 is 0 Å². The van der Waals surface area contributed by atoms with E-state index in [1.165, 1.54) is 0 Å². The molecule has 0 heterocycles. The van der Waals surface area contributed by atoms with E-state index >= 15 is 0 Å². The van der Waals surface area contributed by atoms with Gasteiger partial charge in [-0.1, -0.05) is 20.3 Å². The van der Waals surface area contributed by atoms with Gasteiger partial charge < -0.3 is 10.8 Å². The number of nitrogens with two attached hydrogens (primary N) is 1. The van der Waals surface area contributed by atoms with Gasteiger partial charge in [0, 0.05) is 6.04 Å². The highest BCUT2D eigenvalue weighted by molar-refractivity contribution is 4.71. The van der Waals surface area contributed by atoms with Crippen LogP contribution < -0.4 is 5.73 Å². The Balaban J connectivity index is 3.58. The minimum atomic E-state index is -0.218. The van der Waals surface area contributed by atoms with E-state index in [1.807, 2.05) is 13.8 Å². The van der Waals surface area contributed by atoms with Gasteiger partial charge in [0.25, 0.3) is 0 Å². The van der Waals surface area contributed by atoms with Crippen LogP contribution in [0.3, 0.4) is 0 Å². The van der Waals surface area contributed by atoms with Crippen LogP contribution in [0.25, 0.3) is 0 Å². The van der Waals surface area contributed by atoms with Crippen LogP contribution in [0.5, 0.6) is 0 Å². The minimum Gasteiger partial charge on any atom is -0.393 e. The molecule has 0 aliphatic heterocycles. The zero-order chi connectivity index (χ0) is 8.15. The molecule has 2 heteroatoms. The fourth-order valence-corrected chi connectivity index (χ4v) is 0.909. The van der Waals surface area contributed by atoms with Gasteiger partial charge in [0.05, 0.1) is 6.10 Å². The molecule has 0 aromatic heterocycles. The summed E-state index contributed by atoms with van der Waals surface area (Å²) in [6.45, 7) is 5.99. The predicted molar refractivity (Wildman–Crippen MR) is 43.7 cm³/mol. The Kier molecular flexibility index (Phi) is 4.65. The standard InChI is InChI=1S/C8H19NO/c1-4-5-8(10)6(2)7(3)9/h6-8,10H,4-5,9H2,1-3H3. The van der Waals surface area contributed by atoms with Crippen molar-refractivity contribution in [2.75, 3.05) is 0 Å². The van der Waals surface area contributed by atoms with E-state index in [4.69, 9.17) is 5.73 Å². The first-order valence-corrected chi connectivity index (χ1v) is 4.03. The quantitative estimate of drug-likeness (QED) is 0.623. The molecule has 3 unspecified atom stereocenters. The molecular weight excluding hydrogens is 126 g/mol. The van der Waals surface area contributed by atoms with Crippen molar-refractivity contribution in [3.8, 4) is 0 Å². The number of hydrogen-bond donors (Lipinski definition) is 2. The Labute approximate surface area is 63.4 Å². The van der Waals surface area contributed by atoms with E-state index in [2.05, 4.69) is 6.92 Å². The van der Waals surface area contributed by atoms with Gasteiger partial charge in [-0.3, -0.25) is 0 Å². The van der Waals surface area contributed by atoms with Crippen molar-refractivity contribution in [2.45, 2.75) is 45.8 Å². The lowest BCUT2D eigenvalue weighted by Crippen LogP contribution is -2.33. The summed E-state index contributed by atoms with van der Waals surface area (Å²) >= 11 is 0. The number of aliphatic hydroxyl groups is 1. The number of rotatable bonds is 4. The van der Waals surface area contributed by atoms with Gasteiger partial charge in [-0.15, -0.1) is 0 Å². The number of aliphatic hydroxyl groups excluding tert-OH is 1. The van der Waals surface area contributed by atoms with Crippen molar-refractivity contribution in [3.05, 3.63) is 0 Å². The molecule has 0 bridgehead atoms. The summed E-state index contributed by atoms with van der Waals surface area (Å²) in [6, 6.07) is 0.0987. The molecule has 0 rings (SSSR count). The van der Waals surface area contributed by atoms with E-state index < -0.39 is 0 Å². The summed E-state index contributed by atoms with van der Waals surface area (Å²) in [4.78, 5) is 0. The third-order valence-corrected chi connectivity index (χ3v) is 2.02. The Morgan fingerprint density at radius 2 is 1.90 bits per heavy atom. The molecule has 3 atom stereocenters. The SMILES string of the molecule is CCCC(O)C(C)C(C)N. The zero-order valence-corrected chi connectivity index (χ0v) is 7.17. The summed E-state index contributed by atoms with van der Waals surface area (Å²) in [5, 5.41) is 9.41. The van der Waals surface area contributed by atoms with Crippen LogP contribution in [0.15, 0.2) is 0 Å². The Morgan fingerprint density at radius 3 is 2.20 bits per heavy atom. The van der Waals surface area contributed by atoms with Crippen LogP contribution >= 0.6 is 0 Å². The molecule has 0 aromatic rings. The molecule has 0 aliphatic rings. The first-order chi connectivity index (χ1) is 4.59. The van der Waals surface area contributed by atoms with Gasteiger partial charge >= 0.3 is 0 Å². The Morgan fingerprint density at radius 1 is 1.40 bits per heavy atom. The highest BCUT2D eigenvalue weighted by Gasteiger charge is 2.16. The summed E-state index contributed by atoms with van der Waals surface area (Å²) in [5.74, 6) is 0.222. The lowest BCUT2D eigenvalue weighted by molar-refractivity contribution is 0.0962. The summed E-state index contributed by atoms with van der Waals surface area (Å²) in [5.41, 5.74) is 5.61. The topological polar surface area (TPSA) is 46.2 Å². The summed E-state index contributed by atoms with van der Waals surface area (Å²) < 4.78 is 0. The molecule has 3 N–H and O–H groups in total. The molecule has 0 saturated heterocycles. The lowest BCUT2D eigenvalue weighted by atomic mass is 9.95. The number of hydrogen-bond acceptors (Lipinski definition) is 2. The first-order valence-electron chi connectivity index (χ1n) is 4.03. The maximum atomic E-state index is 9.41. The monoisotopic (exact) mass is 145 g/mol. The fourth-order valence-electron chi connectivity index (χ4n) is 0.909. The van der Waals surface area contributed by atoms with E-state index in [-0.39, 0.29) is 18.1 Å². The van der Waals surface area contributed by atoms with Crippen molar-refractivity contribution in [1.82, 2.24) is 0 Å². The molecule has 0 saturated carbocycles. The van der Waals surface area contributed by atoms with Gasteiger partial charge in [-0.25, -0.2) is 0 Å². The van der Waals surface area contributed by atoms with Gasteiger partial charge in [-0.2, -0.15) is 0 Å². The molecule has 10 heavy (non-hydrogen) atoms. The summed E-state index contributed by atoms with van der Waals surface area (Å²) in [6.07, 6.45) is 1.67. The lowest BCUT2D eigenvalue weighted by Gasteiger charge is -2.21.